The summed E-state index contributed by atoms with van der Waals surface area (Å²) in [7, 11) is 0. The van der Waals surface area contributed by atoms with E-state index in [1.807, 2.05) is 30.6 Å². The number of imidazole rings is 1. The lowest BCUT2D eigenvalue weighted by molar-refractivity contribution is 0.489. The maximum Gasteiger partial charge on any atom is 0.200 e. The van der Waals surface area contributed by atoms with Crippen LogP contribution in [0.5, 0.6) is 0 Å². The number of nitrogens with zero attached hydrogens (tertiary/aromatic N) is 5. The normalized spacial score (nSPS) is 11.4. The van der Waals surface area contributed by atoms with Crippen LogP contribution in [-0.4, -0.2) is 24.3 Å². The first-order chi connectivity index (χ1) is 13.7. The minimum absolute atomic E-state index is 0.476. The van der Waals surface area contributed by atoms with Crippen LogP contribution >= 0.6 is 11.8 Å². The molecule has 0 aliphatic carbocycles. The summed E-state index contributed by atoms with van der Waals surface area (Å²) in [5, 5.41) is 9.67. The second kappa shape index (κ2) is 8.48. The van der Waals surface area contributed by atoms with Gasteiger partial charge in [-0.3, -0.25) is 4.57 Å². The van der Waals surface area contributed by atoms with Gasteiger partial charge in [0.15, 0.2) is 16.7 Å². The van der Waals surface area contributed by atoms with E-state index in [4.69, 9.17) is 4.42 Å². The minimum Gasteiger partial charge on any atom is -0.461 e. The summed E-state index contributed by atoms with van der Waals surface area (Å²) in [5.41, 5.74) is 1.26. The van der Waals surface area contributed by atoms with Crippen molar-refractivity contribution < 1.29 is 4.42 Å². The second-order valence-electron chi connectivity index (χ2n) is 7.03. The monoisotopic (exact) mass is 393 g/mol. The third kappa shape index (κ3) is 4.20. The van der Waals surface area contributed by atoms with E-state index in [0.717, 1.165) is 41.4 Å². The summed E-state index contributed by atoms with van der Waals surface area (Å²) in [5.74, 6) is 3.74. The molecule has 0 unspecified atom stereocenters. The highest BCUT2D eigenvalue weighted by atomic mass is 32.2. The topological polar surface area (TPSA) is 61.7 Å². The number of furan rings is 1. The Hall–Kier alpha value is -2.80. The Morgan fingerprint density at radius 1 is 1.07 bits per heavy atom. The van der Waals surface area contributed by atoms with E-state index in [9.17, 15) is 0 Å². The van der Waals surface area contributed by atoms with Gasteiger partial charge in [0.05, 0.1) is 12.0 Å². The fourth-order valence-electron chi connectivity index (χ4n) is 3.05. The van der Waals surface area contributed by atoms with Crippen LogP contribution < -0.4 is 0 Å². The molecule has 0 spiro atoms. The van der Waals surface area contributed by atoms with Gasteiger partial charge >= 0.3 is 0 Å². The predicted octanol–water partition coefficient (Wildman–Crippen LogP) is 4.73. The van der Waals surface area contributed by atoms with Crippen molar-refractivity contribution in [3.8, 4) is 11.6 Å². The first-order valence-electron chi connectivity index (χ1n) is 9.34. The Balaban J connectivity index is 1.52. The van der Waals surface area contributed by atoms with Crippen molar-refractivity contribution >= 4 is 11.8 Å². The molecule has 3 aromatic heterocycles. The SMILES string of the molecule is CC(C)Cn1c(SCc2nccn2Cc2ccccc2)nnc1-c1ccco1. The van der Waals surface area contributed by atoms with Crippen LogP contribution in [0, 0.1) is 5.92 Å². The van der Waals surface area contributed by atoms with Crippen molar-refractivity contribution in [1.29, 1.82) is 0 Å². The molecule has 4 aromatic rings. The van der Waals surface area contributed by atoms with Gasteiger partial charge in [0.1, 0.15) is 5.82 Å². The lowest BCUT2D eigenvalue weighted by Crippen LogP contribution is -2.08. The van der Waals surface area contributed by atoms with Gasteiger partial charge in [-0.1, -0.05) is 55.9 Å². The summed E-state index contributed by atoms with van der Waals surface area (Å²) < 4.78 is 9.86. The molecule has 1 aromatic carbocycles. The molecule has 4 rings (SSSR count). The van der Waals surface area contributed by atoms with Gasteiger partial charge in [0.25, 0.3) is 0 Å². The van der Waals surface area contributed by atoms with E-state index in [1.54, 1.807) is 18.0 Å². The van der Waals surface area contributed by atoms with E-state index in [1.165, 1.54) is 5.56 Å². The van der Waals surface area contributed by atoms with Gasteiger partial charge < -0.3 is 8.98 Å². The molecule has 6 nitrogen and oxygen atoms in total. The third-order valence-corrected chi connectivity index (χ3v) is 5.30. The van der Waals surface area contributed by atoms with Crippen LogP contribution in [0.2, 0.25) is 0 Å². The lowest BCUT2D eigenvalue weighted by atomic mass is 10.2. The highest BCUT2D eigenvalue weighted by Crippen LogP contribution is 2.27. The van der Waals surface area contributed by atoms with Crippen LogP contribution in [0.4, 0.5) is 0 Å². The third-order valence-electron chi connectivity index (χ3n) is 4.33. The molecule has 0 aliphatic rings. The van der Waals surface area contributed by atoms with Gasteiger partial charge in [0.2, 0.25) is 0 Å². The number of hydrogen-bond donors (Lipinski definition) is 0. The second-order valence-corrected chi connectivity index (χ2v) is 7.98. The lowest BCUT2D eigenvalue weighted by Gasteiger charge is -2.12. The molecule has 144 valence electrons. The van der Waals surface area contributed by atoms with Gasteiger partial charge in [-0.15, -0.1) is 10.2 Å². The van der Waals surface area contributed by atoms with Gasteiger partial charge in [-0.2, -0.15) is 0 Å². The van der Waals surface area contributed by atoms with Crippen molar-refractivity contribution in [2.45, 2.75) is 37.8 Å². The number of aromatic nitrogens is 5. The molecular weight excluding hydrogens is 370 g/mol. The Bertz CT molecular complexity index is 1000. The van der Waals surface area contributed by atoms with Crippen molar-refractivity contribution in [3.05, 3.63) is 72.5 Å². The molecular formula is C21H23N5OS. The molecule has 0 bridgehead atoms. The highest BCUT2D eigenvalue weighted by molar-refractivity contribution is 7.98. The minimum atomic E-state index is 0.476. The summed E-state index contributed by atoms with van der Waals surface area (Å²) in [6.07, 6.45) is 5.54. The summed E-state index contributed by atoms with van der Waals surface area (Å²) in [6, 6.07) is 14.2. The van der Waals surface area contributed by atoms with Crippen LogP contribution in [0.25, 0.3) is 11.6 Å². The number of thioether (sulfide) groups is 1. The van der Waals surface area contributed by atoms with E-state index in [2.05, 4.69) is 62.4 Å². The average molecular weight is 394 g/mol. The zero-order valence-corrected chi connectivity index (χ0v) is 16.8. The van der Waals surface area contributed by atoms with Crippen LogP contribution in [0.1, 0.15) is 25.2 Å². The molecule has 0 atom stereocenters. The van der Waals surface area contributed by atoms with E-state index in [-0.39, 0.29) is 0 Å². The molecule has 0 amide bonds. The average Bonchev–Trinajstić information content (AvgIpc) is 3.42. The first-order valence-corrected chi connectivity index (χ1v) is 10.3. The summed E-state index contributed by atoms with van der Waals surface area (Å²) in [4.78, 5) is 4.54. The molecule has 0 fully saturated rings. The van der Waals surface area contributed by atoms with Crippen LogP contribution in [0.3, 0.4) is 0 Å². The van der Waals surface area contributed by atoms with E-state index in [0.29, 0.717) is 5.92 Å². The zero-order chi connectivity index (χ0) is 19.3. The maximum atomic E-state index is 5.54. The Labute approximate surface area is 168 Å². The van der Waals surface area contributed by atoms with Crippen molar-refractivity contribution in [2.75, 3.05) is 0 Å². The maximum absolute atomic E-state index is 5.54. The molecule has 0 saturated heterocycles. The molecule has 7 heteroatoms. The van der Waals surface area contributed by atoms with Crippen molar-refractivity contribution in [1.82, 2.24) is 24.3 Å². The quantitative estimate of drug-likeness (QED) is 0.405. The number of benzene rings is 1. The highest BCUT2D eigenvalue weighted by Gasteiger charge is 2.18. The van der Waals surface area contributed by atoms with Crippen LogP contribution in [0.15, 0.2) is 70.7 Å². The standard InChI is InChI=1S/C21H23N5OS/c1-16(2)13-26-20(18-9-6-12-27-18)23-24-21(26)28-15-19-22-10-11-25(19)14-17-7-4-3-5-8-17/h3-12,16H,13-15H2,1-2H3. The largest absolute Gasteiger partial charge is 0.461 e. The Morgan fingerprint density at radius 2 is 1.93 bits per heavy atom. The predicted molar refractivity (Wildman–Crippen MR) is 110 cm³/mol. The fraction of sp³-hybridized carbons (Fsp3) is 0.286. The van der Waals surface area contributed by atoms with E-state index < -0.39 is 0 Å². The molecule has 0 aliphatic heterocycles. The van der Waals surface area contributed by atoms with Gasteiger partial charge in [-0.05, 0) is 23.6 Å². The Kier molecular flexibility index (Phi) is 5.62. The fourth-order valence-corrected chi connectivity index (χ4v) is 3.96. The van der Waals surface area contributed by atoms with Gasteiger partial charge in [0, 0.05) is 25.5 Å². The Morgan fingerprint density at radius 3 is 2.68 bits per heavy atom. The smallest absolute Gasteiger partial charge is 0.200 e. The molecule has 0 N–H and O–H groups in total. The van der Waals surface area contributed by atoms with Crippen LogP contribution in [-0.2, 0) is 18.8 Å². The number of hydrogen-bond acceptors (Lipinski definition) is 5. The van der Waals surface area contributed by atoms with Crippen molar-refractivity contribution in [2.24, 2.45) is 5.92 Å². The zero-order valence-electron chi connectivity index (χ0n) is 16.0. The summed E-state index contributed by atoms with van der Waals surface area (Å²) >= 11 is 1.65. The molecule has 0 saturated carbocycles. The van der Waals surface area contributed by atoms with E-state index >= 15 is 0 Å². The molecule has 28 heavy (non-hydrogen) atoms. The number of rotatable bonds is 8. The molecule has 3 heterocycles. The summed E-state index contributed by atoms with van der Waals surface area (Å²) in [6.45, 7) is 6.02. The molecule has 0 radical (unpaired) electrons. The first kappa shape index (κ1) is 18.6. The van der Waals surface area contributed by atoms with Crippen molar-refractivity contribution in [3.63, 3.8) is 0 Å². The van der Waals surface area contributed by atoms with Gasteiger partial charge in [-0.25, -0.2) is 4.98 Å².